The predicted octanol–water partition coefficient (Wildman–Crippen LogP) is 4.49. The van der Waals surface area contributed by atoms with Gasteiger partial charge in [-0.3, -0.25) is 0 Å². The van der Waals surface area contributed by atoms with E-state index in [1.165, 1.54) is 0 Å². The highest BCUT2D eigenvalue weighted by molar-refractivity contribution is 9.10. The molecule has 2 rings (SSSR count). The number of hydrogen-bond acceptors (Lipinski definition) is 3. The van der Waals surface area contributed by atoms with E-state index in [2.05, 4.69) is 15.9 Å². The van der Waals surface area contributed by atoms with Crippen molar-refractivity contribution < 1.29 is 4.42 Å². The Bertz CT molecular complexity index is 503. The zero-order valence-corrected chi connectivity index (χ0v) is 12.1. The second-order valence-corrected chi connectivity index (χ2v) is 5.80. The Morgan fingerprint density at radius 1 is 1.35 bits per heavy atom. The number of nitrogens with two attached hydrogens (primary N) is 1. The molecule has 0 amide bonds. The molecular weight excluding hydrogens is 322 g/mol. The van der Waals surface area contributed by atoms with E-state index < -0.39 is 0 Å². The van der Waals surface area contributed by atoms with Crippen molar-refractivity contribution in [3.63, 3.8) is 0 Å². The van der Waals surface area contributed by atoms with Gasteiger partial charge in [0.15, 0.2) is 0 Å². The van der Waals surface area contributed by atoms with Crippen LogP contribution in [0, 0.1) is 0 Å². The topological polar surface area (TPSA) is 39.2 Å². The summed E-state index contributed by atoms with van der Waals surface area (Å²) < 4.78 is 6.23. The molecule has 0 saturated heterocycles. The fourth-order valence-electron chi connectivity index (χ4n) is 1.39. The zero-order valence-electron chi connectivity index (χ0n) is 8.90. The lowest BCUT2D eigenvalue weighted by Gasteiger charge is -2.09. The normalized spacial score (nSPS) is 12.6. The van der Waals surface area contributed by atoms with Gasteiger partial charge >= 0.3 is 0 Å². The Morgan fingerprint density at radius 2 is 2.12 bits per heavy atom. The highest BCUT2D eigenvalue weighted by atomic mass is 79.9. The second-order valence-electron chi connectivity index (χ2n) is 3.48. The van der Waals surface area contributed by atoms with Crippen LogP contribution in [0.1, 0.15) is 11.8 Å². The number of rotatable bonds is 4. The maximum atomic E-state index is 6.07. The number of halogens is 2. The van der Waals surface area contributed by atoms with Crippen molar-refractivity contribution in [3.05, 3.63) is 51.9 Å². The van der Waals surface area contributed by atoms with Gasteiger partial charge in [-0.2, -0.15) is 0 Å². The molecule has 2 aromatic rings. The number of thioether (sulfide) groups is 1. The molecule has 2 nitrogen and oxygen atoms in total. The molecule has 0 spiro atoms. The molecule has 0 aliphatic heterocycles. The maximum absolute atomic E-state index is 6.07. The SMILES string of the molecule is NC(CSc1ccccc1Cl)c1occc1Br. The molecule has 5 heteroatoms. The molecule has 0 aliphatic rings. The smallest absolute Gasteiger partial charge is 0.135 e. The molecule has 90 valence electrons. The van der Waals surface area contributed by atoms with Gasteiger partial charge in [0.05, 0.1) is 21.8 Å². The minimum Gasteiger partial charge on any atom is -0.466 e. The summed E-state index contributed by atoms with van der Waals surface area (Å²) in [6, 6.07) is 9.42. The Hall–Kier alpha value is -0.420. The Labute approximate surface area is 118 Å². The van der Waals surface area contributed by atoms with E-state index in [0.717, 1.165) is 25.9 Å². The van der Waals surface area contributed by atoms with Gasteiger partial charge in [0, 0.05) is 10.6 Å². The summed E-state index contributed by atoms with van der Waals surface area (Å²) in [4.78, 5) is 1.03. The Kier molecular flexibility index (Phi) is 4.56. The molecule has 1 unspecified atom stereocenters. The minimum absolute atomic E-state index is 0.152. The van der Waals surface area contributed by atoms with Crippen LogP contribution in [-0.4, -0.2) is 5.75 Å². The first kappa shape index (κ1) is 13.0. The molecular formula is C12H11BrClNOS. The first-order valence-corrected chi connectivity index (χ1v) is 7.20. The van der Waals surface area contributed by atoms with E-state index in [9.17, 15) is 0 Å². The van der Waals surface area contributed by atoms with E-state index in [0.29, 0.717) is 0 Å². The average Bonchev–Trinajstić information content (AvgIpc) is 2.74. The molecule has 0 saturated carbocycles. The minimum atomic E-state index is -0.152. The lowest BCUT2D eigenvalue weighted by Crippen LogP contribution is -2.12. The van der Waals surface area contributed by atoms with Gasteiger partial charge in [-0.05, 0) is 34.1 Å². The van der Waals surface area contributed by atoms with Gasteiger partial charge in [0.2, 0.25) is 0 Å². The molecule has 17 heavy (non-hydrogen) atoms. The van der Waals surface area contributed by atoms with Crippen molar-refractivity contribution in [2.24, 2.45) is 5.73 Å². The van der Waals surface area contributed by atoms with Crippen LogP contribution in [0.15, 0.2) is 50.4 Å². The largest absolute Gasteiger partial charge is 0.466 e. The third-order valence-electron chi connectivity index (χ3n) is 2.24. The lowest BCUT2D eigenvalue weighted by atomic mass is 10.3. The lowest BCUT2D eigenvalue weighted by molar-refractivity contribution is 0.480. The van der Waals surface area contributed by atoms with Crippen LogP contribution < -0.4 is 5.73 Å². The third-order valence-corrected chi connectivity index (χ3v) is 4.53. The summed E-state index contributed by atoms with van der Waals surface area (Å²) in [6.45, 7) is 0. The molecule has 0 aliphatic carbocycles. The van der Waals surface area contributed by atoms with Gasteiger partial charge in [0.1, 0.15) is 5.76 Å². The molecule has 1 atom stereocenters. The predicted molar refractivity (Wildman–Crippen MR) is 75.5 cm³/mol. The van der Waals surface area contributed by atoms with Crippen LogP contribution >= 0.6 is 39.3 Å². The summed E-state index contributed by atoms with van der Waals surface area (Å²) in [6.07, 6.45) is 1.62. The zero-order chi connectivity index (χ0) is 12.3. The van der Waals surface area contributed by atoms with Gasteiger partial charge < -0.3 is 10.2 Å². The van der Waals surface area contributed by atoms with E-state index >= 15 is 0 Å². The van der Waals surface area contributed by atoms with Crippen molar-refractivity contribution in [1.82, 2.24) is 0 Å². The van der Waals surface area contributed by atoms with E-state index in [4.69, 9.17) is 21.8 Å². The van der Waals surface area contributed by atoms with Crippen LogP contribution in [0.25, 0.3) is 0 Å². The van der Waals surface area contributed by atoms with Crippen LogP contribution in [0.4, 0.5) is 0 Å². The fraction of sp³-hybridized carbons (Fsp3) is 0.167. The van der Waals surface area contributed by atoms with Crippen LogP contribution in [0.2, 0.25) is 5.02 Å². The van der Waals surface area contributed by atoms with Crippen molar-refractivity contribution in [3.8, 4) is 0 Å². The monoisotopic (exact) mass is 331 g/mol. The maximum Gasteiger partial charge on any atom is 0.135 e. The molecule has 2 N–H and O–H groups in total. The van der Waals surface area contributed by atoms with Crippen molar-refractivity contribution >= 4 is 39.3 Å². The van der Waals surface area contributed by atoms with Crippen LogP contribution in [-0.2, 0) is 0 Å². The van der Waals surface area contributed by atoms with Gasteiger partial charge in [-0.15, -0.1) is 11.8 Å². The first-order chi connectivity index (χ1) is 8.18. The second kappa shape index (κ2) is 5.96. The molecule has 0 radical (unpaired) electrons. The van der Waals surface area contributed by atoms with Crippen molar-refractivity contribution in [1.29, 1.82) is 0 Å². The average molecular weight is 333 g/mol. The molecule has 1 aromatic carbocycles. The Morgan fingerprint density at radius 3 is 2.76 bits per heavy atom. The third kappa shape index (κ3) is 3.28. The standard InChI is InChI=1S/C12H11BrClNOS/c13-8-5-6-16-12(8)10(15)7-17-11-4-2-1-3-9(11)14/h1-6,10H,7,15H2. The summed E-state index contributed by atoms with van der Waals surface area (Å²) in [5.41, 5.74) is 6.05. The quantitative estimate of drug-likeness (QED) is 0.839. The van der Waals surface area contributed by atoms with Gasteiger partial charge in [-0.25, -0.2) is 0 Å². The van der Waals surface area contributed by atoms with Gasteiger partial charge in [0.25, 0.3) is 0 Å². The summed E-state index contributed by atoms with van der Waals surface area (Å²) >= 11 is 11.1. The highest BCUT2D eigenvalue weighted by Gasteiger charge is 2.14. The first-order valence-electron chi connectivity index (χ1n) is 5.04. The molecule has 0 bridgehead atoms. The van der Waals surface area contributed by atoms with Crippen LogP contribution in [0.5, 0.6) is 0 Å². The molecule has 1 heterocycles. The Balaban J connectivity index is 2.00. The summed E-state index contributed by atoms with van der Waals surface area (Å²) in [5, 5.41) is 0.753. The van der Waals surface area contributed by atoms with E-state index in [-0.39, 0.29) is 6.04 Å². The molecule has 0 fully saturated rings. The van der Waals surface area contributed by atoms with Gasteiger partial charge in [-0.1, -0.05) is 23.7 Å². The number of benzene rings is 1. The molecule has 1 aromatic heterocycles. The van der Waals surface area contributed by atoms with E-state index in [1.807, 2.05) is 30.3 Å². The fourth-order valence-corrected chi connectivity index (χ4v) is 3.07. The van der Waals surface area contributed by atoms with Crippen molar-refractivity contribution in [2.45, 2.75) is 10.9 Å². The highest BCUT2D eigenvalue weighted by Crippen LogP contribution is 2.31. The summed E-state index contributed by atoms with van der Waals surface area (Å²) in [5.74, 6) is 1.49. The number of hydrogen-bond donors (Lipinski definition) is 1. The summed E-state index contributed by atoms with van der Waals surface area (Å²) in [7, 11) is 0. The van der Waals surface area contributed by atoms with E-state index in [1.54, 1.807) is 18.0 Å². The van der Waals surface area contributed by atoms with Crippen molar-refractivity contribution in [2.75, 3.05) is 5.75 Å². The number of furan rings is 1. The van der Waals surface area contributed by atoms with Crippen LogP contribution in [0.3, 0.4) is 0 Å².